The largest absolute Gasteiger partial charge is 0.490 e. The molecule has 0 saturated heterocycles. The molecule has 4 nitrogen and oxygen atoms in total. The van der Waals surface area contributed by atoms with Crippen LogP contribution in [0.3, 0.4) is 0 Å². The summed E-state index contributed by atoms with van der Waals surface area (Å²) < 4.78 is 28.1. The highest BCUT2D eigenvalue weighted by molar-refractivity contribution is 9.11. The Morgan fingerprint density at radius 3 is 2.27 bits per heavy atom. The third-order valence-electron chi connectivity index (χ3n) is 1.53. The molecule has 0 spiro atoms. The predicted octanol–water partition coefficient (Wildman–Crippen LogP) is 1.88. The first kappa shape index (κ1) is 13.0. The summed E-state index contributed by atoms with van der Waals surface area (Å²) in [5.41, 5.74) is 0. The van der Waals surface area contributed by atoms with Crippen molar-refractivity contribution in [2.75, 3.05) is 12.4 Å². The standard InChI is InChI=1S/C8H9Br2NO3S/c9-6-2-1-3-7(10)8(6)14-4-5-15(11,12)13/h1-3H,4-5H2,(H2,11,12,13). The van der Waals surface area contributed by atoms with E-state index in [1.807, 2.05) is 6.07 Å². The smallest absolute Gasteiger partial charge is 0.212 e. The number of primary sulfonamides is 1. The number of hydrogen-bond acceptors (Lipinski definition) is 3. The van der Waals surface area contributed by atoms with Crippen LogP contribution in [0.15, 0.2) is 27.1 Å². The molecule has 0 unspecified atom stereocenters. The van der Waals surface area contributed by atoms with Gasteiger partial charge in [-0.15, -0.1) is 0 Å². The molecular formula is C8H9Br2NO3S. The number of hydrogen-bond donors (Lipinski definition) is 1. The summed E-state index contributed by atoms with van der Waals surface area (Å²) in [7, 11) is -3.48. The summed E-state index contributed by atoms with van der Waals surface area (Å²) in [5.74, 6) is 0.363. The van der Waals surface area contributed by atoms with Gasteiger partial charge in [-0.05, 0) is 44.0 Å². The third kappa shape index (κ3) is 4.50. The molecular weight excluding hydrogens is 350 g/mol. The van der Waals surface area contributed by atoms with Crippen LogP contribution in [0.5, 0.6) is 5.75 Å². The van der Waals surface area contributed by atoms with Crippen LogP contribution in [0.25, 0.3) is 0 Å². The lowest BCUT2D eigenvalue weighted by Crippen LogP contribution is -2.21. The molecule has 0 heterocycles. The molecule has 0 radical (unpaired) electrons. The van der Waals surface area contributed by atoms with E-state index in [9.17, 15) is 8.42 Å². The van der Waals surface area contributed by atoms with E-state index in [4.69, 9.17) is 9.88 Å². The number of halogens is 2. The third-order valence-corrected chi connectivity index (χ3v) is 3.52. The number of sulfonamides is 1. The minimum Gasteiger partial charge on any atom is -0.490 e. The van der Waals surface area contributed by atoms with Crippen molar-refractivity contribution < 1.29 is 13.2 Å². The first-order chi connectivity index (χ1) is 6.90. The molecule has 0 bridgehead atoms. The number of nitrogens with two attached hydrogens (primary N) is 1. The zero-order valence-electron chi connectivity index (χ0n) is 7.61. The van der Waals surface area contributed by atoms with Crippen LogP contribution in [0.4, 0.5) is 0 Å². The van der Waals surface area contributed by atoms with Crippen LogP contribution >= 0.6 is 31.9 Å². The number of rotatable bonds is 4. The summed E-state index contributed by atoms with van der Waals surface area (Å²) in [6.07, 6.45) is 0. The molecule has 1 rings (SSSR count). The average Bonchev–Trinajstić information content (AvgIpc) is 2.08. The van der Waals surface area contributed by atoms with Crippen molar-refractivity contribution in [3.05, 3.63) is 27.1 Å². The maximum Gasteiger partial charge on any atom is 0.212 e. The molecule has 0 aromatic heterocycles. The van der Waals surface area contributed by atoms with Gasteiger partial charge in [-0.1, -0.05) is 6.07 Å². The Bertz CT molecular complexity index is 427. The monoisotopic (exact) mass is 357 g/mol. The fourth-order valence-corrected chi connectivity index (χ4v) is 2.42. The number of benzene rings is 1. The van der Waals surface area contributed by atoms with E-state index in [0.29, 0.717) is 5.75 Å². The summed E-state index contributed by atoms with van der Waals surface area (Å²) in [4.78, 5) is 0. The van der Waals surface area contributed by atoms with Crippen molar-refractivity contribution >= 4 is 41.9 Å². The highest BCUT2D eigenvalue weighted by Gasteiger charge is 2.08. The molecule has 0 aliphatic rings. The Balaban J connectivity index is 2.66. The summed E-state index contributed by atoms with van der Waals surface area (Å²) >= 11 is 6.58. The predicted molar refractivity (Wildman–Crippen MR) is 65.3 cm³/mol. The SMILES string of the molecule is NS(=O)(=O)CCOc1c(Br)cccc1Br. The van der Waals surface area contributed by atoms with Crippen LogP contribution in [0.2, 0.25) is 0 Å². The van der Waals surface area contributed by atoms with Gasteiger partial charge >= 0.3 is 0 Å². The van der Waals surface area contributed by atoms with E-state index in [0.717, 1.165) is 8.95 Å². The molecule has 0 aliphatic heterocycles. The fraction of sp³-hybridized carbons (Fsp3) is 0.250. The van der Waals surface area contributed by atoms with Crippen LogP contribution < -0.4 is 9.88 Å². The Morgan fingerprint density at radius 2 is 1.80 bits per heavy atom. The van der Waals surface area contributed by atoms with Crippen LogP contribution in [-0.2, 0) is 10.0 Å². The van der Waals surface area contributed by atoms with Gasteiger partial charge in [0.1, 0.15) is 12.4 Å². The van der Waals surface area contributed by atoms with Gasteiger partial charge < -0.3 is 4.74 Å². The van der Waals surface area contributed by atoms with Crippen LogP contribution in [-0.4, -0.2) is 20.8 Å². The molecule has 7 heteroatoms. The molecule has 0 fully saturated rings. The minimum atomic E-state index is -3.48. The van der Waals surface area contributed by atoms with E-state index in [1.165, 1.54) is 0 Å². The second-order valence-corrected chi connectivity index (χ2v) is 6.21. The van der Waals surface area contributed by atoms with E-state index >= 15 is 0 Å². The highest BCUT2D eigenvalue weighted by atomic mass is 79.9. The van der Waals surface area contributed by atoms with Crippen LogP contribution in [0.1, 0.15) is 0 Å². The number of ether oxygens (including phenoxy) is 1. The molecule has 15 heavy (non-hydrogen) atoms. The lowest BCUT2D eigenvalue weighted by atomic mass is 10.3. The van der Waals surface area contributed by atoms with E-state index in [2.05, 4.69) is 31.9 Å². The topological polar surface area (TPSA) is 69.4 Å². The Labute approximate surface area is 105 Å². The van der Waals surface area contributed by atoms with Crippen molar-refractivity contribution in [2.45, 2.75) is 0 Å². The van der Waals surface area contributed by atoms with Gasteiger partial charge in [-0.25, -0.2) is 13.6 Å². The maximum absolute atomic E-state index is 10.7. The average molecular weight is 359 g/mol. The molecule has 0 atom stereocenters. The van der Waals surface area contributed by atoms with Crippen molar-refractivity contribution in [1.29, 1.82) is 0 Å². The van der Waals surface area contributed by atoms with E-state index in [-0.39, 0.29) is 12.4 Å². The molecule has 1 aromatic rings. The zero-order chi connectivity index (χ0) is 11.5. The normalized spacial score (nSPS) is 11.4. The van der Waals surface area contributed by atoms with Gasteiger partial charge in [0.25, 0.3) is 0 Å². The molecule has 1 aromatic carbocycles. The van der Waals surface area contributed by atoms with Crippen molar-refractivity contribution in [3.8, 4) is 5.75 Å². The first-order valence-corrected chi connectivity index (χ1v) is 7.27. The molecule has 0 saturated carbocycles. The number of para-hydroxylation sites is 1. The lowest BCUT2D eigenvalue weighted by molar-refractivity contribution is 0.336. The second-order valence-electron chi connectivity index (χ2n) is 2.77. The Morgan fingerprint density at radius 1 is 1.27 bits per heavy atom. The fourth-order valence-electron chi connectivity index (χ4n) is 0.880. The van der Waals surface area contributed by atoms with Gasteiger partial charge in [0, 0.05) is 0 Å². The van der Waals surface area contributed by atoms with Crippen molar-refractivity contribution in [3.63, 3.8) is 0 Å². The maximum atomic E-state index is 10.7. The van der Waals surface area contributed by atoms with Crippen molar-refractivity contribution in [1.82, 2.24) is 0 Å². The second kappa shape index (κ2) is 5.29. The molecule has 84 valence electrons. The quantitative estimate of drug-likeness (QED) is 0.893. The van der Waals surface area contributed by atoms with Crippen LogP contribution in [0, 0.1) is 0 Å². The molecule has 2 N–H and O–H groups in total. The summed E-state index contributed by atoms with van der Waals surface area (Å²) in [5, 5.41) is 4.84. The van der Waals surface area contributed by atoms with Gasteiger partial charge in [-0.3, -0.25) is 0 Å². The van der Waals surface area contributed by atoms with Gasteiger partial charge in [0.05, 0.1) is 14.7 Å². The van der Waals surface area contributed by atoms with E-state index < -0.39 is 10.0 Å². The van der Waals surface area contributed by atoms with Gasteiger partial charge in [0.2, 0.25) is 10.0 Å². The Kier molecular flexibility index (Phi) is 4.57. The van der Waals surface area contributed by atoms with Crippen molar-refractivity contribution in [2.24, 2.45) is 5.14 Å². The lowest BCUT2D eigenvalue weighted by Gasteiger charge is -2.08. The first-order valence-electron chi connectivity index (χ1n) is 3.97. The minimum absolute atomic E-state index is 0.0278. The van der Waals surface area contributed by atoms with Gasteiger partial charge in [-0.2, -0.15) is 0 Å². The summed E-state index contributed by atoms with van der Waals surface area (Å²) in [6, 6.07) is 5.44. The van der Waals surface area contributed by atoms with Gasteiger partial charge in [0.15, 0.2) is 0 Å². The molecule has 0 amide bonds. The summed E-state index contributed by atoms with van der Waals surface area (Å²) in [6.45, 7) is 0.0278. The highest BCUT2D eigenvalue weighted by Crippen LogP contribution is 2.32. The molecule has 0 aliphatic carbocycles. The van der Waals surface area contributed by atoms with E-state index in [1.54, 1.807) is 12.1 Å². The zero-order valence-corrected chi connectivity index (χ0v) is 11.6. The Hall–Kier alpha value is -0.110.